The predicted octanol–water partition coefficient (Wildman–Crippen LogP) is 2.69. The molecular weight excluding hydrogens is 386 g/mol. The zero-order valence-corrected chi connectivity index (χ0v) is 16.5. The van der Waals surface area contributed by atoms with Crippen LogP contribution in [0.25, 0.3) is 0 Å². The van der Waals surface area contributed by atoms with Crippen molar-refractivity contribution in [3.8, 4) is 11.5 Å². The first kappa shape index (κ1) is 22.2. The van der Waals surface area contributed by atoms with Crippen molar-refractivity contribution in [2.75, 3.05) is 13.2 Å². The fraction of sp³-hybridized carbons (Fsp3) is 0.500. The number of phenolic OH excluding ortho intramolecular Hbond substituents is 2. The Hall–Kier alpha value is -2.09. The lowest BCUT2D eigenvalue weighted by molar-refractivity contribution is -0.153. The van der Waals surface area contributed by atoms with Gasteiger partial charge in [-0.3, -0.25) is 9.59 Å². The van der Waals surface area contributed by atoms with Crippen LogP contribution in [-0.4, -0.2) is 46.5 Å². The first-order valence-electron chi connectivity index (χ1n) is 9.35. The molecule has 0 saturated carbocycles. The highest BCUT2D eigenvalue weighted by Gasteiger charge is 2.30. The summed E-state index contributed by atoms with van der Waals surface area (Å²) >= 11 is 6.16. The maximum absolute atomic E-state index is 12.9. The van der Waals surface area contributed by atoms with E-state index in [0.717, 1.165) is 12.5 Å². The number of carbonyl (C=O) groups is 2. The number of ether oxygens (including phenoxy) is 1. The van der Waals surface area contributed by atoms with Crippen LogP contribution in [0.4, 0.5) is 0 Å². The van der Waals surface area contributed by atoms with Crippen molar-refractivity contribution in [2.24, 2.45) is 5.92 Å². The SMILES string of the molecule is CCO[C@@H](O)[C@H]1CCC/C=C/CCNC(=O)c2c(O)cc(O)c(Cl)c2CC1=O. The van der Waals surface area contributed by atoms with Gasteiger partial charge in [0.25, 0.3) is 5.91 Å². The minimum Gasteiger partial charge on any atom is -0.507 e. The molecule has 1 heterocycles. The van der Waals surface area contributed by atoms with Crippen molar-refractivity contribution in [3.05, 3.63) is 34.4 Å². The summed E-state index contributed by atoms with van der Waals surface area (Å²) < 4.78 is 5.21. The third kappa shape index (κ3) is 5.47. The van der Waals surface area contributed by atoms with Crippen LogP contribution < -0.4 is 5.32 Å². The van der Waals surface area contributed by atoms with Crippen LogP contribution in [0.15, 0.2) is 18.2 Å². The molecule has 0 spiro atoms. The number of benzene rings is 1. The van der Waals surface area contributed by atoms with Gasteiger partial charge in [0, 0.05) is 25.6 Å². The predicted molar refractivity (Wildman–Crippen MR) is 105 cm³/mol. The Bertz CT molecular complexity index is 749. The van der Waals surface area contributed by atoms with Crippen molar-refractivity contribution in [3.63, 3.8) is 0 Å². The summed E-state index contributed by atoms with van der Waals surface area (Å²) in [5.41, 5.74) is -0.121. The number of fused-ring (bicyclic) bond motifs is 1. The molecule has 154 valence electrons. The van der Waals surface area contributed by atoms with Crippen molar-refractivity contribution in [1.29, 1.82) is 0 Å². The highest BCUT2D eigenvalue weighted by molar-refractivity contribution is 6.33. The summed E-state index contributed by atoms with van der Waals surface area (Å²) in [6.07, 6.45) is 4.70. The topological polar surface area (TPSA) is 116 Å². The molecule has 2 atom stereocenters. The monoisotopic (exact) mass is 411 g/mol. The second-order valence-electron chi connectivity index (χ2n) is 6.62. The molecule has 1 amide bonds. The highest BCUT2D eigenvalue weighted by atomic mass is 35.5. The average molecular weight is 412 g/mol. The van der Waals surface area contributed by atoms with Gasteiger partial charge in [0.05, 0.1) is 16.5 Å². The molecule has 28 heavy (non-hydrogen) atoms. The lowest BCUT2D eigenvalue weighted by Gasteiger charge is -2.23. The van der Waals surface area contributed by atoms with Gasteiger partial charge in [-0.1, -0.05) is 23.8 Å². The number of aromatic hydroxyl groups is 2. The number of halogens is 1. The lowest BCUT2D eigenvalue weighted by atomic mass is 9.90. The molecular formula is C20H26ClNO6. The molecule has 8 heteroatoms. The van der Waals surface area contributed by atoms with E-state index >= 15 is 0 Å². The summed E-state index contributed by atoms with van der Waals surface area (Å²) in [7, 11) is 0. The Morgan fingerprint density at radius 1 is 1.25 bits per heavy atom. The van der Waals surface area contributed by atoms with E-state index < -0.39 is 29.6 Å². The van der Waals surface area contributed by atoms with Gasteiger partial charge in [-0.2, -0.15) is 0 Å². The van der Waals surface area contributed by atoms with E-state index in [1.807, 2.05) is 12.2 Å². The van der Waals surface area contributed by atoms with Crippen LogP contribution in [0, 0.1) is 5.92 Å². The lowest BCUT2D eigenvalue weighted by Crippen LogP contribution is -2.33. The summed E-state index contributed by atoms with van der Waals surface area (Å²) in [5.74, 6) is -2.68. The van der Waals surface area contributed by atoms with Gasteiger partial charge in [0.1, 0.15) is 17.3 Å². The molecule has 0 fully saturated rings. The van der Waals surface area contributed by atoms with E-state index in [1.54, 1.807) is 6.92 Å². The van der Waals surface area contributed by atoms with Crippen LogP contribution in [0.3, 0.4) is 0 Å². The molecule has 1 aliphatic heterocycles. The van der Waals surface area contributed by atoms with Crippen molar-refractivity contribution in [1.82, 2.24) is 5.32 Å². The van der Waals surface area contributed by atoms with E-state index in [4.69, 9.17) is 16.3 Å². The van der Waals surface area contributed by atoms with Gasteiger partial charge in [0.2, 0.25) is 0 Å². The van der Waals surface area contributed by atoms with E-state index in [2.05, 4.69) is 5.32 Å². The minimum atomic E-state index is -1.28. The molecule has 2 rings (SSSR count). The third-order valence-electron chi connectivity index (χ3n) is 4.64. The maximum Gasteiger partial charge on any atom is 0.255 e. The Labute approximate surface area is 169 Å². The summed E-state index contributed by atoms with van der Waals surface area (Å²) in [6, 6.07) is 0.973. The Morgan fingerprint density at radius 2 is 1.96 bits per heavy atom. The molecule has 0 bridgehead atoms. The Morgan fingerprint density at radius 3 is 2.68 bits per heavy atom. The normalized spacial score (nSPS) is 21.3. The number of hydrogen-bond acceptors (Lipinski definition) is 6. The number of carbonyl (C=O) groups excluding carboxylic acids is 2. The highest BCUT2D eigenvalue weighted by Crippen LogP contribution is 2.37. The first-order valence-corrected chi connectivity index (χ1v) is 9.73. The van der Waals surface area contributed by atoms with Crippen LogP contribution in [0.2, 0.25) is 5.02 Å². The fourth-order valence-electron chi connectivity index (χ4n) is 3.21. The number of phenols is 2. The first-order chi connectivity index (χ1) is 13.4. The van der Waals surface area contributed by atoms with Gasteiger partial charge in [-0.15, -0.1) is 0 Å². The maximum atomic E-state index is 12.9. The Kier molecular flexibility index (Phi) is 8.29. The van der Waals surface area contributed by atoms with E-state index in [-0.39, 0.29) is 35.0 Å². The smallest absolute Gasteiger partial charge is 0.255 e. The van der Waals surface area contributed by atoms with E-state index in [9.17, 15) is 24.9 Å². The molecule has 0 unspecified atom stereocenters. The van der Waals surface area contributed by atoms with E-state index in [1.165, 1.54) is 0 Å². The van der Waals surface area contributed by atoms with Crippen LogP contribution >= 0.6 is 11.6 Å². The summed E-state index contributed by atoms with van der Waals surface area (Å²) in [5, 5.41) is 32.9. The number of rotatable bonds is 3. The molecule has 1 aliphatic rings. The molecule has 4 N–H and O–H groups in total. The zero-order chi connectivity index (χ0) is 20.7. The molecule has 1 aromatic rings. The Balaban J connectivity index is 2.46. The zero-order valence-electron chi connectivity index (χ0n) is 15.8. The number of amides is 1. The molecule has 0 aliphatic carbocycles. The van der Waals surface area contributed by atoms with Gasteiger partial charge < -0.3 is 25.4 Å². The van der Waals surface area contributed by atoms with Crippen molar-refractivity contribution >= 4 is 23.3 Å². The number of hydrogen-bond donors (Lipinski definition) is 4. The van der Waals surface area contributed by atoms with Crippen LogP contribution in [0.5, 0.6) is 11.5 Å². The van der Waals surface area contributed by atoms with Crippen LogP contribution in [0.1, 0.15) is 48.5 Å². The van der Waals surface area contributed by atoms with Gasteiger partial charge in [-0.05, 0) is 38.2 Å². The van der Waals surface area contributed by atoms with Gasteiger partial charge in [-0.25, -0.2) is 0 Å². The standard InChI is InChI=1S/C20H26ClNO6/c1-2-28-20(27)12-8-6-4-3-5-7-9-22-19(26)17-13(10-14(12)23)18(21)16(25)11-15(17)24/h3,5,11-12,20,24-25,27H,2,4,6-10H2,1H3,(H,22,26)/b5-3+/t12-,20+/m0/s1. The number of nitrogens with one attached hydrogen (secondary N) is 1. The molecule has 0 saturated heterocycles. The number of allylic oxidation sites excluding steroid dienone is 1. The summed E-state index contributed by atoms with van der Waals surface area (Å²) in [4.78, 5) is 25.5. The fourth-order valence-corrected chi connectivity index (χ4v) is 3.42. The van der Waals surface area contributed by atoms with Gasteiger partial charge in [0.15, 0.2) is 6.29 Å². The molecule has 0 radical (unpaired) electrons. The van der Waals surface area contributed by atoms with Crippen molar-refractivity contribution < 1.29 is 29.6 Å². The van der Waals surface area contributed by atoms with E-state index in [0.29, 0.717) is 25.8 Å². The quantitative estimate of drug-likeness (QED) is 0.449. The third-order valence-corrected chi connectivity index (χ3v) is 5.07. The largest absolute Gasteiger partial charge is 0.507 e. The second-order valence-corrected chi connectivity index (χ2v) is 7.00. The van der Waals surface area contributed by atoms with Crippen LogP contribution in [-0.2, 0) is 16.0 Å². The molecule has 1 aromatic carbocycles. The van der Waals surface area contributed by atoms with Crippen molar-refractivity contribution in [2.45, 2.75) is 45.3 Å². The summed E-state index contributed by atoms with van der Waals surface area (Å²) in [6.45, 7) is 2.31. The second kappa shape index (κ2) is 10.5. The van der Waals surface area contributed by atoms with Gasteiger partial charge >= 0.3 is 0 Å². The number of Topliss-reactive ketones (excluding diaryl/α,β-unsaturated/α-hetero) is 1. The number of aliphatic hydroxyl groups is 1. The molecule has 0 aromatic heterocycles. The average Bonchev–Trinajstić information content (AvgIpc) is 2.64. The number of ketones is 1. The minimum absolute atomic E-state index is 0.0305. The number of aliphatic hydroxyl groups excluding tert-OH is 1. The molecule has 7 nitrogen and oxygen atoms in total.